The quantitative estimate of drug-likeness (QED) is 0.721. The van der Waals surface area contributed by atoms with E-state index in [0.29, 0.717) is 5.82 Å². The van der Waals surface area contributed by atoms with Gasteiger partial charge in [0.1, 0.15) is 5.82 Å². The van der Waals surface area contributed by atoms with Gasteiger partial charge >= 0.3 is 0 Å². The Bertz CT molecular complexity index is 695. The number of aromatic amines is 1. The summed E-state index contributed by atoms with van der Waals surface area (Å²) in [7, 11) is 0. The van der Waals surface area contributed by atoms with Crippen molar-refractivity contribution in [2.45, 2.75) is 13.3 Å². The van der Waals surface area contributed by atoms with E-state index in [2.05, 4.69) is 34.2 Å². The highest BCUT2D eigenvalue weighted by atomic mass is 15.2. The minimum absolute atomic E-state index is 0.570. The number of H-pyrrole nitrogens is 1. The van der Waals surface area contributed by atoms with Gasteiger partial charge in [0.15, 0.2) is 0 Å². The highest BCUT2D eigenvalue weighted by Crippen LogP contribution is 2.30. The Labute approximate surface area is 105 Å². The lowest BCUT2D eigenvalue weighted by Gasteiger charge is -2.05. The zero-order valence-electron chi connectivity index (χ0n) is 10.1. The van der Waals surface area contributed by atoms with E-state index in [-0.39, 0.29) is 0 Å². The molecule has 4 heteroatoms. The van der Waals surface area contributed by atoms with Gasteiger partial charge in [0.05, 0.1) is 11.2 Å². The summed E-state index contributed by atoms with van der Waals surface area (Å²) in [5.74, 6) is 0.570. The monoisotopic (exact) mass is 238 g/mol. The van der Waals surface area contributed by atoms with Crippen LogP contribution in [0.5, 0.6) is 0 Å². The number of hydrogen-bond acceptors (Lipinski definition) is 3. The van der Waals surface area contributed by atoms with Gasteiger partial charge in [-0.15, -0.1) is 0 Å². The molecule has 2 aromatic heterocycles. The minimum Gasteiger partial charge on any atom is -0.382 e. The van der Waals surface area contributed by atoms with Crippen molar-refractivity contribution in [2.75, 3.05) is 5.73 Å². The number of aromatic nitrogens is 3. The largest absolute Gasteiger partial charge is 0.382 e. The van der Waals surface area contributed by atoms with Gasteiger partial charge in [0.2, 0.25) is 0 Å². The van der Waals surface area contributed by atoms with Gasteiger partial charge in [-0.3, -0.25) is 10.1 Å². The first-order chi connectivity index (χ1) is 8.81. The summed E-state index contributed by atoms with van der Waals surface area (Å²) in [4.78, 5) is 4.45. The molecule has 3 aromatic rings. The predicted molar refractivity (Wildman–Crippen MR) is 73.1 cm³/mol. The molecule has 0 bridgehead atoms. The lowest BCUT2D eigenvalue weighted by molar-refractivity contribution is 1.10. The van der Waals surface area contributed by atoms with Crippen molar-refractivity contribution in [2.24, 2.45) is 0 Å². The lowest BCUT2D eigenvalue weighted by Crippen LogP contribution is -1.92. The number of nitrogens with zero attached hydrogens (tertiary/aromatic N) is 2. The fourth-order valence-electron chi connectivity index (χ4n) is 2.27. The van der Waals surface area contributed by atoms with Crippen molar-refractivity contribution in [1.29, 1.82) is 0 Å². The van der Waals surface area contributed by atoms with Crippen molar-refractivity contribution in [3.8, 4) is 11.3 Å². The fourth-order valence-corrected chi connectivity index (χ4v) is 2.27. The topological polar surface area (TPSA) is 67.6 Å². The zero-order chi connectivity index (χ0) is 12.5. The molecule has 0 aliphatic heterocycles. The molecule has 90 valence electrons. The molecule has 0 fully saturated rings. The number of fused-ring (bicyclic) bond motifs is 1. The fraction of sp³-hybridized carbons (Fsp3) is 0.143. The van der Waals surface area contributed by atoms with Gasteiger partial charge in [-0.25, -0.2) is 0 Å². The van der Waals surface area contributed by atoms with Crippen LogP contribution in [0.15, 0.2) is 36.5 Å². The Kier molecular flexibility index (Phi) is 2.48. The smallest absolute Gasteiger partial charge is 0.149 e. The van der Waals surface area contributed by atoms with Crippen LogP contribution in [0.4, 0.5) is 5.82 Å². The molecular formula is C14H14N4. The van der Waals surface area contributed by atoms with Crippen molar-refractivity contribution in [3.05, 3.63) is 42.1 Å². The molecule has 0 saturated heterocycles. The number of benzene rings is 1. The first-order valence-corrected chi connectivity index (χ1v) is 5.98. The first-order valence-electron chi connectivity index (χ1n) is 5.98. The van der Waals surface area contributed by atoms with Crippen LogP contribution in [0.3, 0.4) is 0 Å². The lowest BCUT2D eigenvalue weighted by atomic mass is 10.0. The Morgan fingerprint density at radius 3 is 2.89 bits per heavy atom. The second kappa shape index (κ2) is 4.14. The molecule has 0 aliphatic carbocycles. The summed E-state index contributed by atoms with van der Waals surface area (Å²) in [5, 5.41) is 8.23. The molecule has 0 saturated carbocycles. The second-order valence-corrected chi connectivity index (χ2v) is 4.20. The predicted octanol–water partition coefficient (Wildman–Crippen LogP) is 2.77. The Morgan fingerprint density at radius 2 is 2.06 bits per heavy atom. The van der Waals surface area contributed by atoms with Crippen LogP contribution in [0, 0.1) is 0 Å². The molecule has 18 heavy (non-hydrogen) atoms. The van der Waals surface area contributed by atoms with E-state index in [1.54, 1.807) is 6.20 Å². The first kappa shape index (κ1) is 10.8. The summed E-state index contributed by atoms with van der Waals surface area (Å²) in [5.41, 5.74) is 9.91. The molecular weight excluding hydrogens is 224 g/mol. The van der Waals surface area contributed by atoms with Crippen LogP contribution in [0.25, 0.3) is 22.2 Å². The van der Waals surface area contributed by atoms with E-state index < -0.39 is 0 Å². The normalized spacial score (nSPS) is 10.9. The Morgan fingerprint density at radius 1 is 1.22 bits per heavy atom. The van der Waals surface area contributed by atoms with Gasteiger partial charge in [-0.05, 0) is 12.5 Å². The molecule has 0 radical (unpaired) electrons. The number of rotatable bonds is 2. The summed E-state index contributed by atoms with van der Waals surface area (Å²) in [6.45, 7) is 2.07. The third kappa shape index (κ3) is 1.54. The van der Waals surface area contributed by atoms with Crippen LogP contribution >= 0.6 is 0 Å². The van der Waals surface area contributed by atoms with Crippen LogP contribution in [-0.4, -0.2) is 15.2 Å². The molecule has 0 amide bonds. The summed E-state index contributed by atoms with van der Waals surface area (Å²) >= 11 is 0. The van der Waals surface area contributed by atoms with Crippen LogP contribution in [0.1, 0.15) is 12.5 Å². The van der Waals surface area contributed by atoms with Crippen LogP contribution in [0.2, 0.25) is 0 Å². The number of nitrogens with one attached hydrogen (secondary N) is 1. The van der Waals surface area contributed by atoms with Crippen LogP contribution < -0.4 is 5.73 Å². The third-order valence-electron chi connectivity index (χ3n) is 3.15. The van der Waals surface area contributed by atoms with E-state index in [1.807, 2.05) is 18.2 Å². The minimum atomic E-state index is 0.570. The summed E-state index contributed by atoms with van der Waals surface area (Å²) in [6.07, 6.45) is 2.65. The molecule has 3 N–H and O–H groups in total. The van der Waals surface area contributed by atoms with Gasteiger partial charge < -0.3 is 5.73 Å². The average Bonchev–Trinajstić information content (AvgIpc) is 2.79. The molecule has 4 nitrogen and oxygen atoms in total. The number of nitrogen functional groups attached to an aromatic ring is 1. The highest BCUT2D eigenvalue weighted by Gasteiger charge is 2.13. The SMILES string of the molecule is CCc1c(N)n[nH]c1-c1cccc2cccnc12. The third-order valence-corrected chi connectivity index (χ3v) is 3.15. The van der Waals surface area contributed by atoms with Crippen molar-refractivity contribution in [3.63, 3.8) is 0 Å². The number of hydrogen-bond donors (Lipinski definition) is 2. The van der Waals surface area contributed by atoms with Gasteiger partial charge in [0, 0.05) is 22.7 Å². The van der Waals surface area contributed by atoms with E-state index in [1.165, 1.54) is 0 Å². The maximum Gasteiger partial charge on any atom is 0.149 e. The maximum absolute atomic E-state index is 5.87. The van der Waals surface area contributed by atoms with E-state index in [4.69, 9.17) is 5.73 Å². The summed E-state index contributed by atoms with van der Waals surface area (Å²) in [6, 6.07) is 10.1. The standard InChI is InChI=1S/C14H14N4/c1-2-10-13(17-18-14(10)15)11-7-3-5-9-6-4-8-16-12(9)11/h3-8H,2H2,1H3,(H3,15,17,18). The van der Waals surface area contributed by atoms with Crippen molar-refractivity contribution >= 4 is 16.7 Å². The number of pyridine rings is 1. The molecule has 0 atom stereocenters. The van der Waals surface area contributed by atoms with E-state index >= 15 is 0 Å². The molecule has 0 aliphatic rings. The second-order valence-electron chi connectivity index (χ2n) is 4.20. The van der Waals surface area contributed by atoms with Gasteiger partial charge in [-0.2, -0.15) is 5.10 Å². The van der Waals surface area contributed by atoms with Crippen molar-refractivity contribution in [1.82, 2.24) is 15.2 Å². The Balaban J connectivity index is 2.31. The number of anilines is 1. The summed E-state index contributed by atoms with van der Waals surface area (Å²) < 4.78 is 0. The maximum atomic E-state index is 5.87. The van der Waals surface area contributed by atoms with Gasteiger partial charge in [0.25, 0.3) is 0 Å². The van der Waals surface area contributed by atoms with E-state index in [9.17, 15) is 0 Å². The number of para-hydroxylation sites is 1. The number of nitrogens with two attached hydrogens (primary N) is 1. The zero-order valence-corrected chi connectivity index (χ0v) is 10.1. The molecule has 1 aromatic carbocycles. The average molecular weight is 238 g/mol. The molecule has 2 heterocycles. The van der Waals surface area contributed by atoms with Crippen molar-refractivity contribution < 1.29 is 0 Å². The Hall–Kier alpha value is -2.36. The molecule has 0 spiro atoms. The van der Waals surface area contributed by atoms with Gasteiger partial charge in [-0.1, -0.05) is 31.2 Å². The molecule has 3 rings (SSSR count). The van der Waals surface area contributed by atoms with Crippen LogP contribution in [-0.2, 0) is 6.42 Å². The van der Waals surface area contributed by atoms with E-state index in [0.717, 1.165) is 34.1 Å². The highest BCUT2D eigenvalue weighted by molar-refractivity contribution is 5.93. The molecule has 0 unspecified atom stereocenters.